The van der Waals surface area contributed by atoms with Crippen molar-refractivity contribution in [1.29, 1.82) is 5.26 Å². The molecular formula is C25H25NO3. The number of carbonyl (C=O) groups is 1. The molecule has 3 rings (SSSR count). The van der Waals surface area contributed by atoms with Crippen molar-refractivity contribution in [2.24, 2.45) is 17.3 Å². The average Bonchev–Trinajstić information content (AvgIpc) is 3.26. The number of para-hydroxylation sites is 1. The van der Waals surface area contributed by atoms with Crippen LogP contribution in [0.3, 0.4) is 0 Å². The van der Waals surface area contributed by atoms with Crippen LogP contribution in [0.15, 0.2) is 78.9 Å². The number of hydrogen-bond acceptors (Lipinski definition) is 4. The average molecular weight is 387 g/mol. The largest absolute Gasteiger partial charge is 0.457 e. The smallest absolute Gasteiger partial charge is 0.311 e. The lowest BCUT2D eigenvalue weighted by Gasteiger charge is -2.13. The van der Waals surface area contributed by atoms with Gasteiger partial charge in [-0.05, 0) is 42.5 Å². The molecule has 2 aromatic carbocycles. The van der Waals surface area contributed by atoms with Crippen molar-refractivity contribution in [3.63, 3.8) is 0 Å². The van der Waals surface area contributed by atoms with Crippen molar-refractivity contribution < 1.29 is 14.3 Å². The molecule has 0 spiro atoms. The van der Waals surface area contributed by atoms with Gasteiger partial charge in [0.1, 0.15) is 17.6 Å². The summed E-state index contributed by atoms with van der Waals surface area (Å²) in [5.74, 6) is 0.743. The Morgan fingerprint density at radius 3 is 2.52 bits per heavy atom. The molecule has 148 valence electrons. The highest BCUT2D eigenvalue weighted by Crippen LogP contribution is 2.60. The number of nitriles is 1. The predicted molar refractivity (Wildman–Crippen MR) is 112 cm³/mol. The number of esters is 1. The molecule has 0 saturated heterocycles. The third-order valence-corrected chi connectivity index (χ3v) is 5.42. The third kappa shape index (κ3) is 4.57. The molecule has 0 amide bonds. The van der Waals surface area contributed by atoms with E-state index >= 15 is 0 Å². The molecule has 0 bridgehead atoms. The first-order valence-electron chi connectivity index (χ1n) is 9.60. The second kappa shape index (κ2) is 8.36. The van der Waals surface area contributed by atoms with Crippen molar-refractivity contribution in [1.82, 2.24) is 0 Å². The summed E-state index contributed by atoms with van der Waals surface area (Å²) in [5, 5.41) is 9.60. The molecule has 3 atom stereocenters. The van der Waals surface area contributed by atoms with Gasteiger partial charge in [-0.25, -0.2) is 0 Å². The summed E-state index contributed by atoms with van der Waals surface area (Å²) in [6, 6.07) is 18.5. The Bertz CT molecular complexity index is 969. The van der Waals surface area contributed by atoms with Gasteiger partial charge in [0.15, 0.2) is 0 Å². The highest BCUT2D eigenvalue weighted by molar-refractivity contribution is 5.78. The van der Waals surface area contributed by atoms with Crippen LogP contribution in [-0.2, 0) is 9.53 Å². The summed E-state index contributed by atoms with van der Waals surface area (Å²) in [7, 11) is 0. The van der Waals surface area contributed by atoms with E-state index < -0.39 is 6.10 Å². The van der Waals surface area contributed by atoms with Crippen molar-refractivity contribution in [2.75, 3.05) is 0 Å². The SMILES string of the molecule is C=CC(C)=CC1C(C(=O)OC(C#N)c2cccc(Oc3ccccc3)c2)C1(C)C. The summed E-state index contributed by atoms with van der Waals surface area (Å²) in [4.78, 5) is 12.8. The van der Waals surface area contributed by atoms with Gasteiger partial charge < -0.3 is 9.47 Å². The minimum atomic E-state index is -0.983. The van der Waals surface area contributed by atoms with Gasteiger partial charge in [0.05, 0.1) is 5.92 Å². The lowest BCUT2D eigenvalue weighted by molar-refractivity contribution is -0.149. The number of ether oxygens (including phenoxy) is 2. The van der Waals surface area contributed by atoms with E-state index in [9.17, 15) is 10.1 Å². The fourth-order valence-electron chi connectivity index (χ4n) is 3.51. The zero-order chi connectivity index (χ0) is 21.0. The molecule has 1 aliphatic rings. The number of allylic oxidation sites excluding steroid dienone is 3. The van der Waals surface area contributed by atoms with E-state index in [0.29, 0.717) is 17.1 Å². The second-order valence-electron chi connectivity index (χ2n) is 7.87. The first-order chi connectivity index (χ1) is 13.9. The van der Waals surface area contributed by atoms with Crippen molar-refractivity contribution in [3.8, 4) is 17.6 Å². The zero-order valence-electron chi connectivity index (χ0n) is 17.0. The first-order valence-corrected chi connectivity index (χ1v) is 9.60. The molecule has 1 fully saturated rings. The van der Waals surface area contributed by atoms with E-state index in [4.69, 9.17) is 9.47 Å². The van der Waals surface area contributed by atoms with Gasteiger partial charge in [0.2, 0.25) is 6.10 Å². The number of nitrogens with zero attached hydrogens (tertiary/aromatic N) is 1. The molecule has 4 heteroatoms. The summed E-state index contributed by atoms with van der Waals surface area (Å²) >= 11 is 0. The normalized spacial score (nSPS) is 20.8. The maximum atomic E-state index is 12.8. The van der Waals surface area contributed by atoms with Gasteiger partial charge in [-0.2, -0.15) is 5.26 Å². The molecule has 0 aromatic heterocycles. The van der Waals surface area contributed by atoms with E-state index in [1.165, 1.54) is 0 Å². The molecule has 3 unspecified atom stereocenters. The molecular weight excluding hydrogens is 362 g/mol. The molecule has 4 nitrogen and oxygen atoms in total. The number of benzene rings is 2. The van der Waals surface area contributed by atoms with Gasteiger partial charge in [-0.15, -0.1) is 0 Å². The molecule has 0 aliphatic heterocycles. The molecule has 1 saturated carbocycles. The quantitative estimate of drug-likeness (QED) is 0.432. The van der Waals surface area contributed by atoms with Crippen LogP contribution in [0.1, 0.15) is 32.4 Å². The summed E-state index contributed by atoms with van der Waals surface area (Å²) < 4.78 is 11.4. The van der Waals surface area contributed by atoms with Crippen LogP contribution in [0.25, 0.3) is 0 Å². The predicted octanol–water partition coefficient (Wildman–Crippen LogP) is 5.99. The highest BCUT2D eigenvalue weighted by Gasteiger charge is 2.61. The van der Waals surface area contributed by atoms with Crippen LogP contribution in [0.5, 0.6) is 11.5 Å². The standard InChI is InChI=1S/C25H25NO3/c1-5-17(2)14-21-23(25(21,3)4)24(27)29-22(16-26)18-10-9-13-20(15-18)28-19-11-7-6-8-12-19/h5-15,21-23H,1H2,2-4H3. The number of hydrogen-bond donors (Lipinski definition) is 0. The second-order valence-corrected chi connectivity index (χ2v) is 7.87. The fourth-order valence-corrected chi connectivity index (χ4v) is 3.51. The Morgan fingerprint density at radius 2 is 1.86 bits per heavy atom. The highest BCUT2D eigenvalue weighted by atomic mass is 16.5. The summed E-state index contributed by atoms with van der Waals surface area (Å²) in [5.41, 5.74) is 1.42. The van der Waals surface area contributed by atoms with E-state index in [2.05, 4.69) is 18.7 Å². The van der Waals surface area contributed by atoms with Crippen LogP contribution >= 0.6 is 0 Å². The summed E-state index contributed by atoms with van der Waals surface area (Å²) in [6.45, 7) is 9.79. The van der Waals surface area contributed by atoms with Gasteiger partial charge in [-0.3, -0.25) is 4.79 Å². The summed E-state index contributed by atoms with van der Waals surface area (Å²) in [6.07, 6.45) is 2.84. The number of rotatable bonds is 7. The Balaban J connectivity index is 1.72. The van der Waals surface area contributed by atoms with Crippen LogP contribution in [0.4, 0.5) is 0 Å². The van der Waals surface area contributed by atoms with Crippen LogP contribution in [0, 0.1) is 28.6 Å². The van der Waals surface area contributed by atoms with Gasteiger partial charge in [-0.1, -0.05) is 68.5 Å². The Morgan fingerprint density at radius 1 is 1.17 bits per heavy atom. The van der Waals surface area contributed by atoms with Crippen molar-refractivity contribution >= 4 is 5.97 Å². The van der Waals surface area contributed by atoms with Gasteiger partial charge in [0, 0.05) is 5.56 Å². The van der Waals surface area contributed by atoms with Crippen LogP contribution in [0.2, 0.25) is 0 Å². The third-order valence-electron chi connectivity index (χ3n) is 5.42. The minimum Gasteiger partial charge on any atom is -0.457 e. The molecule has 0 heterocycles. The maximum absolute atomic E-state index is 12.8. The molecule has 0 radical (unpaired) electrons. The van der Waals surface area contributed by atoms with E-state index in [1.807, 2.05) is 51.1 Å². The Labute approximate surface area is 172 Å². The molecule has 29 heavy (non-hydrogen) atoms. The Kier molecular flexibility index (Phi) is 5.89. The topological polar surface area (TPSA) is 59.3 Å². The van der Waals surface area contributed by atoms with Gasteiger partial charge in [0.25, 0.3) is 0 Å². The molecule has 1 aliphatic carbocycles. The minimum absolute atomic E-state index is 0.0834. The number of carbonyl (C=O) groups excluding carboxylic acids is 1. The van der Waals surface area contributed by atoms with Crippen molar-refractivity contribution in [2.45, 2.75) is 26.9 Å². The van der Waals surface area contributed by atoms with Crippen LogP contribution < -0.4 is 4.74 Å². The first kappa shape index (κ1) is 20.4. The van der Waals surface area contributed by atoms with Gasteiger partial charge >= 0.3 is 5.97 Å². The van der Waals surface area contributed by atoms with E-state index in [-0.39, 0.29) is 23.2 Å². The van der Waals surface area contributed by atoms with E-state index in [0.717, 1.165) is 5.57 Å². The lowest BCUT2D eigenvalue weighted by Crippen LogP contribution is -2.14. The van der Waals surface area contributed by atoms with E-state index in [1.54, 1.807) is 30.3 Å². The lowest BCUT2D eigenvalue weighted by atomic mass is 10.1. The fraction of sp³-hybridized carbons (Fsp3) is 0.280. The van der Waals surface area contributed by atoms with Crippen LogP contribution in [-0.4, -0.2) is 5.97 Å². The Hall–Kier alpha value is -3.32. The zero-order valence-corrected chi connectivity index (χ0v) is 17.0. The molecule has 2 aromatic rings. The molecule has 0 N–H and O–H groups in total. The maximum Gasteiger partial charge on any atom is 0.311 e. The van der Waals surface area contributed by atoms with Crippen molar-refractivity contribution in [3.05, 3.63) is 84.5 Å². The monoisotopic (exact) mass is 387 g/mol.